The molecular formula is C22H16ClFN2OS. The fraction of sp³-hybridized carbons (Fsp3) is 0.0909. The molecule has 6 heteroatoms. The number of aromatic nitrogens is 2. The maximum Gasteiger partial charge on any atom is 0.266 e. The summed E-state index contributed by atoms with van der Waals surface area (Å²) in [5.41, 5.74) is 1.38. The number of hydrogen-bond donors (Lipinski definition) is 0. The highest BCUT2D eigenvalue weighted by Crippen LogP contribution is 2.37. The van der Waals surface area contributed by atoms with Gasteiger partial charge in [0.15, 0.2) is 5.16 Å². The molecule has 0 aliphatic rings. The molecule has 1 unspecified atom stereocenters. The van der Waals surface area contributed by atoms with Crippen molar-refractivity contribution in [1.29, 1.82) is 0 Å². The minimum atomic E-state index is -0.478. The fourth-order valence-corrected chi connectivity index (χ4v) is 4.51. The molecule has 0 radical (unpaired) electrons. The Kier molecular flexibility index (Phi) is 5.20. The Balaban J connectivity index is 1.92. The van der Waals surface area contributed by atoms with Crippen LogP contribution in [0.25, 0.3) is 16.6 Å². The molecule has 0 N–H and O–H groups in total. The highest BCUT2D eigenvalue weighted by Gasteiger charge is 2.19. The Bertz CT molecular complexity index is 1220. The molecule has 0 amide bonds. The van der Waals surface area contributed by atoms with Crippen LogP contribution in [0.1, 0.15) is 17.7 Å². The summed E-state index contributed by atoms with van der Waals surface area (Å²) in [6.45, 7) is 1.99. The van der Waals surface area contributed by atoms with Crippen molar-refractivity contribution in [3.05, 3.63) is 99.6 Å². The van der Waals surface area contributed by atoms with Gasteiger partial charge in [0.25, 0.3) is 5.56 Å². The third kappa shape index (κ3) is 3.43. The van der Waals surface area contributed by atoms with Gasteiger partial charge < -0.3 is 0 Å². The van der Waals surface area contributed by atoms with Gasteiger partial charge in [0.2, 0.25) is 0 Å². The van der Waals surface area contributed by atoms with Crippen LogP contribution in [-0.4, -0.2) is 9.55 Å². The van der Waals surface area contributed by atoms with Crippen LogP contribution in [0.15, 0.2) is 82.7 Å². The van der Waals surface area contributed by atoms with Gasteiger partial charge in [-0.25, -0.2) is 9.37 Å². The summed E-state index contributed by atoms with van der Waals surface area (Å²) in [7, 11) is 0. The Morgan fingerprint density at radius 3 is 2.46 bits per heavy atom. The van der Waals surface area contributed by atoms with Crippen molar-refractivity contribution >= 4 is 34.3 Å². The standard InChI is InChI=1S/C22H16ClFN2OS/c1-14(15-8-2-4-10-17(15)23)28-22-25-19-12-6-3-9-16(19)21(27)26(22)20-13-7-5-11-18(20)24/h2-14H,1H3. The van der Waals surface area contributed by atoms with Gasteiger partial charge in [-0.3, -0.25) is 9.36 Å². The van der Waals surface area contributed by atoms with E-state index in [0.717, 1.165) is 5.56 Å². The molecule has 1 atom stereocenters. The van der Waals surface area contributed by atoms with Crippen LogP contribution in [0, 0.1) is 5.82 Å². The second kappa shape index (κ2) is 7.78. The predicted molar refractivity (Wildman–Crippen MR) is 113 cm³/mol. The van der Waals surface area contributed by atoms with E-state index in [2.05, 4.69) is 4.98 Å². The summed E-state index contributed by atoms with van der Waals surface area (Å²) in [5.74, 6) is -0.478. The van der Waals surface area contributed by atoms with Crippen LogP contribution < -0.4 is 5.56 Å². The summed E-state index contributed by atoms with van der Waals surface area (Å²) in [5, 5.41) is 1.42. The monoisotopic (exact) mass is 410 g/mol. The summed E-state index contributed by atoms with van der Waals surface area (Å²) < 4.78 is 15.9. The average Bonchev–Trinajstić information content (AvgIpc) is 2.69. The zero-order valence-electron chi connectivity index (χ0n) is 15.0. The summed E-state index contributed by atoms with van der Waals surface area (Å²) >= 11 is 7.70. The summed E-state index contributed by atoms with van der Waals surface area (Å²) in [6, 6.07) is 20.8. The van der Waals surface area contributed by atoms with Crippen molar-refractivity contribution in [3.8, 4) is 5.69 Å². The van der Waals surface area contributed by atoms with Crippen LogP contribution in [0.3, 0.4) is 0 Å². The number of hydrogen-bond acceptors (Lipinski definition) is 3. The number of fused-ring (bicyclic) bond motifs is 1. The van der Waals surface area contributed by atoms with Gasteiger partial charge in [0, 0.05) is 10.3 Å². The van der Waals surface area contributed by atoms with Gasteiger partial charge in [-0.15, -0.1) is 0 Å². The van der Waals surface area contributed by atoms with E-state index in [1.54, 1.807) is 36.4 Å². The van der Waals surface area contributed by atoms with Crippen LogP contribution in [0.4, 0.5) is 4.39 Å². The first kappa shape index (κ1) is 18.7. The minimum absolute atomic E-state index is 0.0835. The molecule has 3 nitrogen and oxygen atoms in total. The van der Waals surface area contributed by atoms with Crippen molar-refractivity contribution in [2.45, 2.75) is 17.3 Å². The lowest BCUT2D eigenvalue weighted by Gasteiger charge is -2.17. The number of para-hydroxylation sites is 2. The van der Waals surface area contributed by atoms with Crippen LogP contribution in [0.2, 0.25) is 5.02 Å². The number of thioether (sulfide) groups is 1. The normalized spacial score (nSPS) is 12.2. The Morgan fingerprint density at radius 2 is 1.68 bits per heavy atom. The first-order valence-electron chi connectivity index (χ1n) is 8.74. The maximum atomic E-state index is 14.5. The lowest BCUT2D eigenvalue weighted by atomic mass is 10.2. The van der Waals surface area contributed by atoms with E-state index in [1.165, 1.54) is 22.4 Å². The van der Waals surface area contributed by atoms with Crippen molar-refractivity contribution < 1.29 is 4.39 Å². The van der Waals surface area contributed by atoms with Gasteiger partial charge in [-0.1, -0.05) is 65.8 Å². The Labute approximate surface area is 170 Å². The van der Waals surface area contributed by atoms with E-state index >= 15 is 0 Å². The molecule has 4 rings (SSSR count). The summed E-state index contributed by atoms with van der Waals surface area (Å²) in [4.78, 5) is 17.9. The second-order valence-corrected chi connectivity index (χ2v) is 8.00. The largest absolute Gasteiger partial charge is 0.268 e. The number of halogens is 2. The smallest absolute Gasteiger partial charge is 0.266 e. The van der Waals surface area contributed by atoms with Crippen molar-refractivity contribution in [1.82, 2.24) is 9.55 Å². The molecule has 3 aromatic carbocycles. The van der Waals surface area contributed by atoms with Gasteiger partial charge in [-0.2, -0.15) is 0 Å². The molecule has 0 aliphatic carbocycles. The van der Waals surface area contributed by atoms with Crippen LogP contribution >= 0.6 is 23.4 Å². The first-order valence-corrected chi connectivity index (χ1v) is 10.00. The second-order valence-electron chi connectivity index (χ2n) is 6.29. The van der Waals surface area contributed by atoms with E-state index in [4.69, 9.17) is 11.6 Å². The Hall–Kier alpha value is -2.63. The predicted octanol–water partition coefficient (Wildman–Crippen LogP) is 6.03. The van der Waals surface area contributed by atoms with E-state index in [-0.39, 0.29) is 16.5 Å². The number of nitrogens with zero attached hydrogens (tertiary/aromatic N) is 2. The quantitative estimate of drug-likeness (QED) is 0.304. The number of benzene rings is 3. The van der Waals surface area contributed by atoms with E-state index in [0.29, 0.717) is 21.1 Å². The third-order valence-electron chi connectivity index (χ3n) is 4.46. The molecular weight excluding hydrogens is 395 g/mol. The molecule has 0 saturated heterocycles. The average molecular weight is 411 g/mol. The lowest BCUT2D eigenvalue weighted by molar-refractivity contribution is 0.608. The molecule has 4 aromatic rings. The van der Waals surface area contributed by atoms with E-state index < -0.39 is 5.82 Å². The molecule has 28 heavy (non-hydrogen) atoms. The zero-order valence-corrected chi connectivity index (χ0v) is 16.5. The molecule has 0 fully saturated rings. The van der Waals surface area contributed by atoms with Crippen molar-refractivity contribution in [3.63, 3.8) is 0 Å². The van der Waals surface area contributed by atoms with Gasteiger partial charge in [-0.05, 0) is 42.8 Å². The molecule has 0 aliphatic heterocycles. The third-order valence-corrected chi connectivity index (χ3v) is 5.90. The molecule has 1 heterocycles. The maximum absolute atomic E-state index is 14.5. The summed E-state index contributed by atoms with van der Waals surface area (Å²) in [6.07, 6.45) is 0. The van der Waals surface area contributed by atoms with Gasteiger partial charge >= 0.3 is 0 Å². The highest BCUT2D eigenvalue weighted by atomic mass is 35.5. The van der Waals surface area contributed by atoms with Gasteiger partial charge in [0.05, 0.1) is 16.6 Å². The number of rotatable bonds is 4. The molecule has 0 bridgehead atoms. The van der Waals surface area contributed by atoms with Crippen molar-refractivity contribution in [2.24, 2.45) is 0 Å². The van der Waals surface area contributed by atoms with Gasteiger partial charge in [0.1, 0.15) is 5.82 Å². The molecule has 0 saturated carbocycles. The van der Waals surface area contributed by atoms with Crippen molar-refractivity contribution in [2.75, 3.05) is 0 Å². The molecule has 0 spiro atoms. The molecule has 1 aromatic heterocycles. The lowest BCUT2D eigenvalue weighted by Crippen LogP contribution is -2.22. The van der Waals surface area contributed by atoms with Crippen LogP contribution in [-0.2, 0) is 0 Å². The zero-order chi connectivity index (χ0) is 19.7. The SMILES string of the molecule is CC(Sc1nc2ccccc2c(=O)n1-c1ccccc1F)c1ccccc1Cl. The van der Waals surface area contributed by atoms with Crippen LogP contribution in [0.5, 0.6) is 0 Å². The van der Waals surface area contributed by atoms with E-state index in [9.17, 15) is 9.18 Å². The highest BCUT2D eigenvalue weighted by molar-refractivity contribution is 7.99. The Morgan fingerprint density at radius 1 is 1.00 bits per heavy atom. The molecule has 140 valence electrons. The topological polar surface area (TPSA) is 34.9 Å². The van der Waals surface area contributed by atoms with E-state index in [1.807, 2.05) is 37.3 Å². The first-order chi connectivity index (χ1) is 13.6. The fourth-order valence-electron chi connectivity index (χ4n) is 3.06. The minimum Gasteiger partial charge on any atom is -0.268 e.